The van der Waals surface area contributed by atoms with E-state index >= 15 is 0 Å². The summed E-state index contributed by atoms with van der Waals surface area (Å²) in [4.78, 5) is 17.8. The van der Waals surface area contributed by atoms with E-state index in [2.05, 4.69) is 25.2 Å². The van der Waals surface area contributed by atoms with E-state index in [0.29, 0.717) is 24.9 Å². The van der Waals surface area contributed by atoms with Gasteiger partial charge in [-0.25, -0.2) is 18.4 Å². The topological polar surface area (TPSA) is 91.3 Å². The molecule has 0 radical (unpaired) electrons. The van der Waals surface area contributed by atoms with Crippen molar-refractivity contribution in [2.45, 2.75) is 18.7 Å². The van der Waals surface area contributed by atoms with Crippen LogP contribution in [0.1, 0.15) is 12.6 Å². The molecule has 0 aliphatic carbocycles. The van der Waals surface area contributed by atoms with Gasteiger partial charge in [-0.05, 0) is 26.0 Å². The van der Waals surface area contributed by atoms with E-state index in [0.717, 1.165) is 31.1 Å². The molecule has 3 heterocycles. The summed E-state index contributed by atoms with van der Waals surface area (Å²) in [6, 6.07) is 5.24. The van der Waals surface area contributed by atoms with Crippen LogP contribution in [0.2, 0.25) is 0 Å². The van der Waals surface area contributed by atoms with E-state index in [1.807, 2.05) is 24.8 Å². The van der Waals surface area contributed by atoms with Crippen LogP contribution in [0.4, 0.5) is 17.6 Å². The number of nitrogens with one attached hydrogen (secondary N) is 1. The number of sulfone groups is 1. The summed E-state index contributed by atoms with van der Waals surface area (Å²) in [6.07, 6.45) is 2.85. The smallest absolute Gasteiger partial charge is 0.224 e. The average molecular weight is 376 g/mol. The zero-order valence-electron chi connectivity index (χ0n) is 15.3. The van der Waals surface area contributed by atoms with Crippen LogP contribution in [0.15, 0.2) is 29.3 Å². The Bertz CT molecular complexity index is 879. The van der Waals surface area contributed by atoms with Crippen molar-refractivity contribution >= 4 is 27.4 Å². The normalized spacial score (nSPS) is 15.2. The van der Waals surface area contributed by atoms with E-state index in [4.69, 9.17) is 0 Å². The molecule has 0 unspecified atom stereocenters. The molecule has 0 bridgehead atoms. The van der Waals surface area contributed by atoms with Crippen molar-refractivity contribution in [1.82, 2.24) is 15.0 Å². The zero-order chi connectivity index (χ0) is 18.7. The van der Waals surface area contributed by atoms with Gasteiger partial charge in [-0.3, -0.25) is 0 Å². The number of piperazine rings is 1. The molecular weight excluding hydrogens is 352 g/mol. The fraction of sp³-hybridized carbons (Fsp3) is 0.471. The maximum Gasteiger partial charge on any atom is 0.224 e. The van der Waals surface area contributed by atoms with Crippen molar-refractivity contribution in [3.05, 3.63) is 30.1 Å². The number of anilines is 3. The molecule has 1 fully saturated rings. The highest BCUT2D eigenvalue weighted by Crippen LogP contribution is 2.25. The Labute approximate surface area is 154 Å². The lowest BCUT2D eigenvalue weighted by molar-refractivity contribution is 0.598. The summed E-state index contributed by atoms with van der Waals surface area (Å²) in [6.45, 7) is 7.57. The van der Waals surface area contributed by atoms with E-state index in [1.54, 1.807) is 18.3 Å². The molecule has 1 aliphatic heterocycles. The first-order chi connectivity index (χ1) is 12.4. The highest BCUT2D eigenvalue weighted by Gasteiger charge is 2.24. The van der Waals surface area contributed by atoms with Crippen LogP contribution in [-0.4, -0.2) is 62.3 Å². The Morgan fingerprint density at radius 2 is 1.85 bits per heavy atom. The van der Waals surface area contributed by atoms with Crippen LogP contribution in [0.3, 0.4) is 0 Å². The van der Waals surface area contributed by atoms with E-state index in [-0.39, 0.29) is 4.90 Å². The summed E-state index contributed by atoms with van der Waals surface area (Å²) < 4.78 is 24.0. The molecule has 9 heteroatoms. The molecule has 1 aliphatic rings. The number of hydrogen-bond donors (Lipinski definition) is 1. The largest absolute Gasteiger partial charge is 0.354 e. The molecule has 1 saturated heterocycles. The van der Waals surface area contributed by atoms with Gasteiger partial charge in [0.15, 0.2) is 9.84 Å². The molecule has 26 heavy (non-hydrogen) atoms. The minimum atomic E-state index is -3.31. The van der Waals surface area contributed by atoms with E-state index in [1.165, 1.54) is 6.26 Å². The summed E-state index contributed by atoms with van der Waals surface area (Å²) in [7, 11) is -3.31. The third-order valence-corrected chi connectivity index (χ3v) is 5.35. The summed E-state index contributed by atoms with van der Waals surface area (Å²) in [5.74, 6) is 2.05. The van der Waals surface area contributed by atoms with Crippen molar-refractivity contribution in [3.63, 3.8) is 0 Å². The molecule has 0 atom stereocenters. The van der Waals surface area contributed by atoms with Crippen LogP contribution in [0, 0.1) is 6.92 Å². The molecule has 0 aromatic carbocycles. The second-order valence-electron chi connectivity index (χ2n) is 6.29. The third kappa shape index (κ3) is 4.04. The number of nitrogens with zero attached hydrogens (tertiary/aromatic N) is 5. The van der Waals surface area contributed by atoms with Gasteiger partial charge in [0.2, 0.25) is 5.95 Å². The summed E-state index contributed by atoms with van der Waals surface area (Å²) in [5.41, 5.74) is 0.914. The second-order valence-corrected chi connectivity index (χ2v) is 8.28. The second kappa shape index (κ2) is 7.45. The molecule has 0 amide bonds. The third-order valence-electron chi connectivity index (χ3n) is 4.23. The minimum absolute atomic E-state index is 0.278. The van der Waals surface area contributed by atoms with Crippen LogP contribution >= 0.6 is 0 Å². The van der Waals surface area contributed by atoms with Gasteiger partial charge in [0.05, 0.1) is 0 Å². The molecule has 8 nitrogen and oxygen atoms in total. The minimum Gasteiger partial charge on any atom is -0.354 e. The number of aromatic nitrogens is 3. The van der Waals surface area contributed by atoms with Crippen molar-refractivity contribution in [2.24, 2.45) is 0 Å². The molecule has 0 saturated carbocycles. The van der Waals surface area contributed by atoms with Gasteiger partial charge in [0.25, 0.3) is 0 Å². The molecule has 1 N–H and O–H groups in total. The molecule has 2 aromatic heterocycles. The number of pyridine rings is 1. The maximum absolute atomic E-state index is 12.0. The predicted octanol–water partition coefficient (Wildman–Crippen LogP) is 1.34. The lowest BCUT2D eigenvalue weighted by Gasteiger charge is -2.36. The van der Waals surface area contributed by atoms with Gasteiger partial charge in [0.1, 0.15) is 16.5 Å². The summed E-state index contributed by atoms with van der Waals surface area (Å²) >= 11 is 0. The standard InChI is InChI=1S/C17H24N6O2S/c1-4-18-17-20-13(2)12-15(21-17)22-8-10-23(11-9-22)16-14(26(3,24)25)6-5-7-19-16/h5-7,12H,4,8-11H2,1-3H3,(H,18,20,21). The summed E-state index contributed by atoms with van der Waals surface area (Å²) in [5, 5.41) is 3.15. The Balaban J connectivity index is 1.77. The van der Waals surface area contributed by atoms with Gasteiger partial charge in [-0.15, -0.1) is 0 Å². The highest BCUT2D eigenvalue weighted by molar-refractivity contribution is 7.90. The molecule has 140 valence electrons. The van der Waals surface area contributed by atoms with E-state index in [9.17, 15) is 8.42 Å². The zero-order valence-corrected chi connectivity index (χ0v) is 16.1. The van der Waals surface area contributed by atoms with Crippen molar-refractivity contribution in [1.29, 1.82) is 0 Å². The van der Waals surface area contributed by atoms with Gasteiger partial charge in [-0.1, -0.05) is 0 Å². The van der Waals surface area contributed by atoms with E-state index < -0.39 is 9.84 Å². The quantitative estimate of drug-likeness (QED) is 0.836. The number of aryl methyl sites for hydroxylation is 1. The van der Waals surface area contributed by atoms with Crippen molar-refractivity contribution in [3.8, 4) is 0 Å². The number of hydrogen-bond acceptors (Lipinski definition) is 8. The lowest BCUT2D eigenvalue weighted by atomic mass is 10.3. The van der Waals surface area contributed by atoms with Gasteiger partial charge in [-0.2, -0.15) is 4.98 Å². The van der Waals surface area contributed by atoms with Crippen molar-refractivity contribution in [2.75, 3.05) is 54.1 Å². The van der Waals surface area contributed by atoms with Crippen LogP contribution in [0.5, 0.6) is 0 Å². The first kappa shape index (κ1) is 18.4. The van der Waals surface area contributed by atoms with Crippen LogP contribution in [-0.2, 0) is 9.84 Å². The molecule has 3 rings (SSSR count). The Morgan fingerprint density at radius 3 is 2.50 bits per heavy atom. The monoisotopic (exact) mass is 376 g/mol. The Hall–Kier alpha value is -2.42. The predicted molar refractivity (Wildman–Crippen MR) is 103 cm³/mol. The van der Waals surface area contributed by atoms with Crippen molar-refractivity contribution < 1.29 is 8.42 Å². The van der Waals surface area contributed by atoms with Gasteiger partial charge >= 0.3 is 0 Å². The van der Waals surface area contributed by atoms with Crippen LogP contribution < -0.4 is 15.1 Å². The molecule has 0 spiro atoms. The van der Waals surface area contributed by atoms with Gasteiger partial charge < -0.3 is 15.1 Å². The number of rotatable bonds is 5. The van der Waals surface area contributed by atoms with Gasteiger partial charge in [0, 0.05) is 56.9 Å². The first-order valence-electron chi connectivity index (χ1n) is 8.63. The first-order valence-corrected chi connectivity index (χ1v) is 10.5. The fourth-order valence-electron chi connectivity index (χ4n) is 3.01. The average Bonchev–Trinajstić information content (AvgIpc) is 2.61. The highest BCUT2D eigenvalue weighted by atomic mass is 32.2. The molecule has 2 aromatic rings. The fourth-order valence-corrected chi connectivity index (χ4v) is 3.85. The Kier molecular flexibility index (Phi) is 5.26. The molecular formula is C17H24N6O2S. The van der Waals surface area contributed by atoms with Crippen LogP contribution in [0.25, 0.3) is 0 Å². The Morgan fingerprint density at radius 1 is 1.15 bits per heavy atom. The SMILES string of the molecule is CCNc1nc(C)cc(N2CCN(c3ncccc3S(C)(=O)=O)CC2)n1. The maximum atomic E-state index is 12.0. The lowest BCUT2D eigenvalue weighted by Crippen LogP contribution is -2.47.